The Morgan fingerprint density at radius 1 is 1.11 bits per heavy atom. The molecule has 0 aliphatic heterocycles. The molecule has 4 saturated carbocycles. The zero-order chi connectivity index (χ0) is 12.7. The first-order valence-corrected chi connectivity index (χ1v) is 8.89. The maximum absolute atomic E-state index is 9.42. The molecule has 2 N–H and O–H groups in total. The van der Waals surface area contributed by atoms with Crippen molar-refractivity contribution in [1.29, 1.82) is 0 Å². The number of aliphatic hydroxyl groups is 1. The van der Waals surface area contributed by atoms with Crippen molar-refractivity contribution >= 4 is 11.8 Å². The molecule has 4 aliphatic carbocycles. The fourth-order valence-corrected chi connectivity index (χ4v) is 5.68. The van der Waals surface area contributed by atoms with Crippen LogP contribution in [-0.2, 0) is 0 Å². The Hall–Kier alpha value is 0.270. The van der Waals surface area contributed by atoms with E-state index in [1.807, 2.05) is 0 Å². The van der Waals surface area contributed by atoms with Gasteiger partial charge in [-0.15, -0.1) is 0 Å². The van der Waals surface area contributed by atoms with Gasteiger partial charge in [0, 0.05) is 17.3 Å². The summed E-state index contributed by atoms with van der Waals surface area (Å²) in [4.78, 5) is 0. The van der Waals surface area contributed by atoms with Gasteiger partial charge >= 0.3 is 0 Å². The van der Waals surface area contributed by atoms with Crippen LogP contribution in [0.5, 0.6) is 0 Å². The Balaban J connectivity index is 1.63. The van der Waals surface area contributed by atoms with Crippen LogP contribution in [0, 0.1) is 23.7 Å². The van der Waals surface area contributed by atoms with Crippen molar-refractivity contribution < 1.29 is 5.11 Å². The van der Waals surface area contributed by atoms with Gasteiger partial charge in [0.25, 0.3) is 0 Å². The molecule has 4 aliphatic rings. The summed E-state index contributed by atoms with van der Waals surface area (Å²) in [6.07, 6.45) is 9.52. The van der Waals surface area contributed by atoms with E-state index < -0.39 is 0 Å². The second kappa shape index (κ2) is 5.34. The molecule has 3 heteroatoms. The van der Waals surface area contributed by atoms with Crippen LogP contribution in [0.4, 0.5) is 0 Å². The number of nitrogens with one attached hydrogen (secondary N) is 1. The fraction of sp³-hybridized carbons (Fsp3) is 1.00. The second-order valence-electron chi connectivity index (χ2n) is 6.87. The Bertz CT molecular complexity index is 264. The standard InChI is InChI=1S/C15H27NOS/c1-9(14(8-17)18-2)16-15-12-4-10-3-11(6-12)7-13(15)5-10/h9-17H,3-8H2,1-2H3. The van der Waals surface area contributed by atoms with E-state index in [-0.39, 0.29) is 0 Å². The molecule has 0 aromatic heterocycles. The highest BCUT2D eigenvalue weighted by molar-refractivity contribution is 7.99. The van der Waals surface area contributed by atoms with E-state index in [1.54, 1.807) is 11.8 Å². The minimum Gasteiger partial charge on any atom is -0.395 e. The molecular weight excluding hydrogens is 242 g/mol. The van der Waals surface area contributed by atoms with E-state index >= 15 is 0 Å². The fourth-order valence-electron chi connectivity index (χ4n) is 5.04. The van der Waals surface area contributed by atoms with Gasteiger partial charge in [-0.3, -0.25) is 0 Å². The highest BCUT2D eigenvalue weighted by atomic mass is 32.2. The van der Waals surface area contributed by atoms with E-state index in [0.29, 0.717) is 17.9 Å². The molecule has 2 nitrogen and oxygen atoms in total. The summed E-state index contributed by atoms with van der Waals surface area (Å²) in [5.41, 5.74) is 0. The predicted molar refractivity (Wildman–Crippen MR) is 77.8 cm³/mol. The van der Waals surface area contributed by atoms with Crippen molar-refractivity contribution in [3.05, 3.63) is 0 Å². The molecule has 0 amide bonds. The molecule has 0 heterocycles. The Morgan fingerprint density at radius 2 is 1.67 bits per heavy atom. The van der Waals surface area contributed by atoms with Crippen molar-refractivity contribution in [1.82, 2.24) is 5.32 Å². The van der Waals surface area contributed by atoms with Crippen LogP contribution in [-0.4, -0.2) is 35.3 Å². The average molecular weight is 269 g/mol. The summed E-state index contributed by atoms with van der Waals surface area (Å²) >= 11 is 1.79. The van der Waals surface area contributed by atoms with Crippen LogP contribution in [0.15, 0.2) is 0 Å². The van der Waals surface area contributed by atoms with E-state index in [4.69, 9.17) is 0 Å². The maximum Gasteiger partial charge on any atom is 0.0564 e. The predicted octanol–water partition coefficient (Wildman–Crippen LogP) is 2.51. The lowest BCUT2D eigenvalue weighted by molar-refractivity contribution is -0.0175. The minimum atomic E-state index is 0.294. The summed E-state index contributed by atoms with van der Waals surface area (Å²) in [6.45, 7) is 2.55. The Morgan fingerprint density at radius 3 is 2.11 bits per heavy atom. The second-order valence-corrected chi connectivity index (χ2v) is 7.95. The summed E-state index contributed by atoms with van der Waals surface area (Å²) < 4.78 is 0. The molecule has 0 aromatic rings. The van der Waals surface area contributed by atoms with Gasteiger partial charge in [0.2, 0.25) is 0 Å². The van der Waals surface area contributed by atoms with Gasteiger partial charge in [-0.1, -0.05) is 0 Å². The molecule has 0 aromatic carbocycles. The molecule has 104 valence electrons. The van der Waals surface area contributed by atoms with E-state index in [0.717, 1.165) is 29.7 Å². The van der Waals surface area contributed by atoms with Gasteiger partial charge in [-0.05, 0) is 69.0 Å². The molecule has 4 bridgehead atoms. The quantitative estimate of drug-likeness (QED) is 0.804. The van der Waals surface area contributed by atoms with Crippen molar-refractivity contribution in [3.63, 3.8) is 0 Å². The van der Waals surface area contributed by atoms with Crippen molar-refractivity contribution in [2.75, 3.05) is 12.9 Å². The highest BCUT2D eigenvalue weighted by Crippen LogP contribution is 2.53. The molecule has 2 unspecified atom stereocenters. The lowest BCUT2D eigenvalue weighted by Gasteiger charge is -2.55. The van der Waals surface area contributed by atoms with E-state index in [9.17, 15) is 5.11 Å². The number of hydrogen-bond donors (Lipinski definition) is 2. The van der Waals surface area contributed by atoms with Crippen molar-refractivity contribution in [2.24, 2.45) is 23.7 Å². The topological polar surface area (TPSA) is 32.3 Å². The third-order valence-corrected chi connectivity index (χ3v) is 6.89. The third-order valence-electron chi connectivity index (χ3n) is 5.72. The van der Waals surface area contributed by atoms with Crippen LogP contribution < -0.4 is 5.32 Å². The summed E-state index contributed by atoms with van der Waals surface area (Å²) in [7, 11) is 0. The first kappa shape index (κ1) is 13.3. The van der Waals surface area contributed by atoms with E-state index in [2.05, 4.69) is 18.5 Å². The number of hydrogen-bond acceptors (Lipinski definition) is 3. The molecule has 0 saturated heterocycles. The first-order valence-electron chi connectivity index (χ1n) is 7.61. The Labute approximate surface area is 115 Å². The van der Waals surface area contributed by atoms with Crippen molar-refractivity contribution in [3.8, 4) is 0 Å². The lowest BCUT2D eigenvalue weighted by Crippen LogP contribution is -2.58. The highest BCUT2D eigenvalue weighted by Gasteiger charge is 2.48. The number of thioether (sulfide) groups is 1. The molecular formula is C15H27NOS. The van der Waals surface area contributed by atoms with Crippen molar-refractivity contribution in [2.45, 2.75) is 56.4 Å². The monoisotopic (exact) mass is 269 g/mol. The van der Waals surface area contributed by atoms with Gasteiger partial charge in [0.1, 0.15) is 0 Å². The zero-order valence-electron chi connectivity index (χ0n) is 11.6. The van der Waals surface area contributed by atoms with Gasteiger partial charge < -0.3 is 10.4 Å². The van der Waals surface area contributed by atoms with Crippen LogP contribution in [0.25, 0.3) is 0 Å². The summed E-state index contributed by atoms with van der Waals surface area (Å²) in [5, 5.41) is 13.6. The van der Waals surface area contributed by atoms with Gasteiger partial charge in [0.05, 0.1) is 6.61 Å². The van der Waals surface area contributed by atoms with Gasteiger partial charge in [-0.25, -0.2) is 0 Å². The smallest absolute Gasteiger partial charge is 0.0564 e. The lowest BCUT2D eigenvalue weighted by atomic mass is 9.54. The van der Waals surface area contributed by atoms with E-state index in [1.165, 1.54) is 32.1 Å². The number of rotatable bonds is 5. The van der Waals surface area contributed by atoms with Gasteiger partial charge in [0.15, 0.2) is 0 Å². The SMILES string of the molecule is CSC(CO)C(C)NC1C2CC3CC(C2)CC1C3. The summed E-state index contributed by atoms with van der Waals surface area (Å²) in [6, 6.07) is 1.18. The van der Waals surface area contributed by atoms with Crippen LogP contribution in [0.1, 0.15) is 39.0 Å². The number of aliphatic hydroxyl groups excluding tert-OH is 1. The largest absolute Gasteiger partial charge is 0.395 e. The average Bonchev–Trinajstić information content (AvgIpc) is 2.34. The molecule has 4 rings (SSSR count). The molecule has 0 spiro atoms. The van der Waals surface area contributed by atoms with Crippen LogP contribution in [0.2, 0.25) is 0 Å². The van der Waals surface area contributed by atoms with Crippen LogP contribution in [0.3, 0.4) is 0 Å². The maximum atomic E-state index is 9.42. The molecule has 18 heavy (non-hydrogen) atoms. The van der Waals surface area contributed by atoms with Crippen LogP contribution >= 0.6 is 11.8 Å². The normalized spacial score (nSPS) is 45.2. The van der Waals surface area contributed by atoms with Gasteiger partial charge in [-0.2, -0.15) is 11.8 Å². The molecule has 0 radical (unpaired) electrons. The minimum absolute atomic E-state index is 0.294. The summed E-state index contributed by atoms with van der Waals surface area (Å²) in [5.74, 6) is 3.97. The molecule has 2 atom stereocenters. The zero-order valence-corrected chi connectivity index (χ0v) is 12.5. The Kier molecular flexibility index (Phi) is 3.93. The first-order chi connectivity index (χ1) is 8.71. The molecule has 4 fully saturated rings. The third kappa shape index (κ3) is 2.34.